The summed E-state index contributed by atoms with van der Waals surface area (Å²) in [4.78, 5) is 26.2. The lowest BCUT2D eigenvalue weighted by molar-refractivity contribution is -0.121. The number of pyridine rings is 1. The van der Waals surface area contributed by atoms with Crippen molar-refractivity contribution in [1.82, 2.24) is 4.98 Å². The van der Waals surface area contributed by atoms with Gasteiger partial charge in [-0.3, -0.25) is 4.79 Å². The number of nitrogens with one attached hydrogen (secondary N) is 1. The van der Waals surface area contributed by atoms with Crippen molar-refractivity contribution in [2.75, 3.05) is 11.6 Å². The van der Waals surface area contributed by atoms with E-state index in [1.165, 1.54) is 6.92 Å². The second-order valence-corrected chi connectivity index (χ2v) is 4.17. The van der Waals surface area contributed by atoms with Gasteiger partial charge in [-0.15, -0.1) is 11.8 Å². The van der Waals surface area contributed by atoms with Crippen LogP contribution < -0.4 is 5.32 Å². The lowest BCUT2D eigenvalue weighted by Crippen LogP contribution is -2.12. The van der Waals surface area contributed by atoms with Gasteiger partial charge in [0, 0.05) is 12.8 Å². The maximum absolute atomic E-state index is 11.4. The van der Waals surface area contributed by atoms with Gasteiger partial charge in [0.25, 0.3) is 0 Å². The number of ketones is 1. The van der Waals surface area contributed by atoms with E-state index >= 15 is 0 Å². The molecule has 0 aliphatic carbocycles. The number of hydrogen-bond donors (Lipinski definition) is 1. The monoisotopic (exact) mass is 238 g/mol. The number of carbonyl (C=O) groups excluding carboxylic acids is 2. The third kappa shape index (κ3) is 4.44. The molecule has 1 aromatic heterocycles. The molecule has 1 aromatic rings. The van der Waals surface area contributed by atoms with Gasteiger partial charge in [0.05, 0.1) is 16.9 Å². The first-order valence-electron chi connectivity index (χ1n) is 4.91. The van der Waals surface area contributed by atoms with E-state index in [2.05, 4.69) is 10.3 Å². The summed E-state index contributed by atoms with van der Waals surface area (Å²) in [6.45, 7) is 1.47. The normalized spacial score (nSPS) is 9.88. The van der Waals surface area contributed by atoms with E-state index in [-0.39, 0.29) is 24.5 Å². The van der Waals surface area contributed by atoms with Crippen molar-refractivity contribution >= 4 is 29.1 Å². The van der Waals surface area contributed by atoms with Crippen molar-refractivity contribution in [3.05, 3.63) is 18.3 Å². The highest BCUT2D eigenvalue weighted by molar-refractivity contribution is 7.98. The molecule has 0 radical (unpaired) electrons. The van der Waals surface area contributed by atoms with Crippen molar-refractivity contribution in [2.24, 2.45) is 0 Å². The van der Waals surface area contributed by atoms with E-state index in [9.17, 15) is 9.59 Å². The molecule has 1 N–H and O–H groups in total. The van der Waals surface area contributed by atoms with E-state index in [4.69, 9.17) is 0 Å². The lowest BCUT2D eigenvalue weighted by atomic mass is 10.2. The Morgan fingerprint density at radius 2 is 2.12 bits per heavy atom. The second kappa shape index (κ2) is 6.27. The first kappa shape index (κ1) is 12.7. The topological polar surface area (TPSA) is 59.1 Å². The van der Waals surface area contributed by atoms with Crippen LogP contribution in [0.25, 0.3) is 0 Å². The fraction of sp³-hybridized carbons (Fsp3) is 0.364. The number of Topliss-reactive ketones (excluding diaryl/α,β-unsaturated/α-hetero) is 1. The van der Waals surface area contributed by atoms with Crippen LogP contribution in [0.2, 0.25) is 0 Å². The molecular formula is C11H14N2O2S. The van der Waals surface area contributed by atoms with Crippen molar-refractivity contribution in [3.8, 4) is 0 Å². The van der Waals surface area contributed by atoms with Crippen LogP contribution in [0.4, 0.5) is 5.69 Å². The molecule has 0 spiro atoms. The Kier molecular flexibility index (Phi) is 4.98. The van der Waals surface area contributed by atoms with Gasteiger partial charge in [0.15, 0.2) is 0 Å². The van der Waals surface area contributed by atoms with Crippen LogP contribution >= 0.6 is 11.8 Å². The molecule has 5 heteroatoms. The molecule has 1 amide bonds. The number of nitrogens with zero attached hydrogens (tertiary/aromatic N) is 1. The molecule has 0 aromatic carbocycles. The molecule has 16 heavy (non-hydrogen) atoms. The highest BCUT2D eigenvalue weighted by Gasteiger charge is 2.04. The molecule has 0 fully saturated rings. The van der Waals surface area contributed by atoms with Crippen molar-refractivity contribution in [1.29, 1.82) is 0 Å². The Bertz CT molecular complexity index is 376. The van der Waals surface area contributed by atoms with E-state index in [0.29, 0.717) is 5.69 Å². The Hall–Kier alpha value is -1.36. The summed E-state index contributed by atoms with van der Waals surface area (Å²) in [5, 5.41) is 3.59. The maximum Gasteiger partial charge on any atom is 0.224 e. The van der Waals surface area contributed by atoms with E-state index < -0.39 is 0 Å². The minimum Gasteiger partial charge on any atom is -0.325 e. The first-order valence-corrected chi connectivity index (χ1v) is 6.13. The van der Waals surface area contributed by atoms with Crippen molar-refractivity contribution in [2.45, 2.75) is 24.8 Å². The molecule has 0 bridgehead atoms. The minimum absolute atomic E-state index is 0.0194. The Morgan fingerprint density at radius 3 is 2.62 bits per heavy atom. The van der Waals surface area contributed by atoms with E-state index in [1.54, 1.807) is 24.0 Å². The molecule has 0 atom stereocenters. The Morgan fingerprint density at radius 1 is 1.38 bits per heavy atom. The molecule has 0 aliphatic rings. The molecule has 4 nitrogen and oxygen atoms in total. The largest absolute Gasteiger partial charge is 0.325 e. The van der Waals surface area contributed by atoms with Gasteiger partial charge in [0.2, 0.25) is 5.91 Å². The summed E-state index contributed by atoms with van der Waals surface area (Å²) in [6.07, 6.45) is 4.05. The highest BCUT2D eigenvalue weighted by Crippen LogP contribution is 2.14. The molecule has 0 saturated heterocycles. The quantitative estimate of drug-likeness (QED) is 0.798. The third-order valence-electron chi connectivity index (χ3n) is 1.93. The smallest absolute Gasteiger partial charge is 0.224 e. The van der Waals surface area contributed by atoms with Gasteiger partial charge < -0.3 is 10.1 Å². The minimum atomic E-state index is -0.158. The summed E-state index contributed by atoms with van der Waals surface area (Å²) in [7, 11) is 0. The average Bonchev–Trinajstić information content (AvgIpc) is 2.27. The fourth-order valence-corrected chi connectivity index (χ4v) is 1.45. The predicted molar refractivity (Wildman–Crippen MR) is 64.6 cm³/mol. The van der Waals surface area contributed by atoms with E-state index in [0.717, 1.165) is 5.03 Å². The number of aromatic nitrogens is 1. The molecule has 1 rings (SSSR count). The molecule has 0 saturated carbocycles. The van der Waals surface area contributed by atoms with Gasteiger partial charge in [0.1, 0.15) is 5.78 Å². The van der Waals surface area contributed by atoms with Crippen molar-refractivity contribution < 1.29 is 9.59 Å². The first-order chi connectivity index (χ1) is 7.61. The zero-order chi connectivity index (χ0) is 12.0. The third-order valence-corrected chi connectivity index (χ3v) is 2.59. The number of amides is 1. The standard InChI is InChI=1S/C11H14N2O2S/c1-8(14)3-5-10(15)13-9-4-6-11(16-2)12-7-9/h4,6-7H,3,5H2,1-2H3,(H,13,15). The molecule has 1 heterocycles. The van der Waals surface area contributed by atoms with Gasteiger partial charge in [-0.25, -0.2) is 4.98 Å². The van der Waals surface area contributed by atoms with Crippen LogP contribution in [-0.2, 0) is 9.59 Å². The van der Waals surface area contributed by atoms with Crippen LogP contribution in [-0.4, -0.2) is 22.9 Å². The number of rotatable bonds is 5. The summed E-state index contributed by atoms with van der Waals surface area (Å²) in [5.74, 6) is -0.139. The van der Waals surface area contributed by atoms with Gasteiger partial charge >= 0.3 is 0 Å². The second-order valence-electron chi connectivity index (χ2n) is 3.34. The van der Waals surface area contributed by atoms with Gasteiger partial charge in [-0.05, 0) is 25.3 Å². The molecule has 0 unspecified atom stereocenters. The Labute approximate surface area is 98.8 Å². The van der Waals surface area contributed by atoms with E-state index in [1.807, 2.05) is 12.3 Å². The fourth-order valence-electron chi connectivity index (χ4n) is 1.09. The van der Waals surface area contributed by atoms with Gasteiger partial charge in [-0.1, -0.05) is 0 Å². The maximum atomic E-state index is 11.4. The van der Waals surface area contributed by atoms with Crippen LogP contribution in [0, 0.1) is 0 Å². The van der Waals surface area contributed by atoms with Crippen LogP contribution in [0.3, 0.4) is 0 Å². The SMILES string of the molecule is CSc1ccc(NC(=O)CCC(C)=O)cn1. The number of anilines is 1. The summed E-state index contributed by atoms with van der Waals surface area (Å²) < 4.78 is 0. The molecule has 0 aliphatic heterocycles. The van der Waals surface area contributed by atoms with Crippen molar-refractivity contribution in [3.63, 3.8) is 0 Å². The lowest BCUT2D eigenvalue weighted by Gasteiger charge is -2.04. The van der Waals surface area contributed by atoms with Crippen LogP contribution in [0.5, 0.6) is 0 Å². The molecular weight excluding hydrogens is 224 g/mol. The van der Waals surface area contributed by atoms with Crippen LogP contribution in [0.15, 0.2) is 23.4 Å². The van der Waals surface area contributed by atoms with Crippen LogP contribution in [0.1, 0.15) is 19.8 Å². The highest BCUT2D eigenvalue weighted by atomic mass is 32.2. The van der Waals surface area contributed by atoms with Gasteiger partial charge in [-0.2, -0.15) is 0 Å². The summed E-state index contributed by atoms with van der Waals surface area (Å²) >= 11 is 1.54. The number of carbonyl (C=O) groups is 2. The average molecular weight is 238 g/mol. The Balaban J connectivity index is 2.46. The molecule has 86 valence electrons. The zero-order valence-corrected chi connectivity index (χ0v) is 10.1. The zero-order valence-electron chi connectivity index (χ0n) is 9.32. The number of hydrogen-bond acceptors (Lipinski definition) is 4. The summed E-state index contributed by atoms with van der Waals surface area (Å²) in [6, 6.07) is 3.63. The summed E-state index contributed by atoms with van der Waals surface area (Å²) in [5.41, 5.74) is 0.659. The number of thioether (sulfide) groups is 1. The predicted octanol–water partition coefficient (Wildman–Crippen LogP) is 2.11.